The van der Waals surface area contributed by atoms with Crippen molar-refractivity contribution in [3.8, 4) is 0 Å². The minimum atomic E-state index is -1.02. The molecule has 21 heavy (non-hydrogen) atoms. The van der Waals surface area contributed by atoms with Crippen molar-refractivity contribution in [2.45, 2.75) is 75.7 Å². The van der Waals surface area contributed by atoms with E-state index in [1.165, 1.54) is 0 Å². The van der Waals surface area contributed by atoms with Gasteiger partial charge in [0.25, 0.3) is 0 Å². The number of hydrogen-bond donors (Lipinski definition) is 2. The Morgan fingerprint density at radius 2 is 2.24 bits per heavy atom. The van der Waals surface area contributed by atoms with E-state index >= 15 is 0 Å². The van der Waals surface area contributed by atoms with Gasteiger partial charge in [-0.1, -0.05) is 13.3 Å². The molecular formula is C15H24N2O4. The second-order valence-corrected chi connectivity index (χ2v) is 6.51. The van der Waals surface area contributed by atoms with Crippen LogP contribution in [0, 0.1) is 0 Å². The molecule has 0 aromatic rings. The van der Waals surface area contributed by atoms with E-state index in [1.54, 1.807) is 4.90 Å². The van der Waals surface area contributed by atoms with E-state index < -0.39 is 11.5 Å². The van der Waals surface area contributed by atoms with Crippen LogP contribution in [-0.2, 0) is 9.53 Å². The largest absolute Gasteiger partial charge is 0.479 e. The van der Waals surface area contributed by atoms with Gasteiger partial charge < -0.3 is 20.1 Å². The minimum absolute atomic E-state index is 0.0463. The van der Waals surface area contributed by atoms with Crippen LogP contribution >= 0.6 is 0 Å². The topological polar surface area (TPSA) is 78.9 Å². The molecule has 3 fully saturated rings. The van der Waals surface area contributed by atoms with Gasteiger partial charge >= 0.3 is 12.0 Å². The number of rotatable bonds is 4. The molecule has 3 rings (SSSR count). The lowest BCUT2D eigenvalue weighted by Gasteiger charge is -2.36. The lowest BCUT2D eigenvalue weighted by molar-refractivity contribution is -0.148. The normalized spacial score (nSPS) is 38.0. The summed E-state index contributed by atoms with van der Waals surface area (Å²) >= 11 is 0. The van der Waals surface area contributed by atoms with E-state index in [0.717, 1.165) is 32.1 Å². The van der Waals surface area contributed by atoms with Gasteiger partial charge in [0.05, 0.1) is 18.2 Å². The van der Waals surface area contributed by atoms with Crippen molar-refractivity contribution in [1.29, 1.82) is 0 Å². The summed E-state index contributed by atoms with van der Waals surface area (Å²) in [5.41, 5.74) is -1.02. The highest BCUT2D eigenvalue weighted by molar-refractivity contribution is 5.87. The third-order valence-electron chi connectivity index (χ3n) is 5.21. The summed E-state index contributed by atoms with van der Waals surface area (Å²) in [7, 11) is 0. The summed E-state index contributed by atoms with van der Waals surface area (Å²) in [4.78, 5) is 25.9. The molecule has 4 unspecified atom stereocenters. The van der Waals surface area contributed by atoms with Crippen LogP contribution in [0.2, 0.25) is 0 Å². The number of hydrogen-bond acceptors (Lipinski definition) is 3. The van der Waals surface area contributed by atoms with Crippen molar-refractivity contribution < 1.29 is 19.4 Å². The Balaban J connectivity index is 1.69. The number of carbonyl (C=O) groups is 2. The molecule has 0 radical (unpaired) electrons. The maximum absolute atomic E-state index is 12.6. The zero-order valence-electron chi connectivity index (χ0n) is 12.5. The van der Waals surface area contributed by atoms with Gasteiger partial charge in [0.1, 0.15) is 5.54 Å². The predicted octanol–water partition coefficient (Wildman–Crippen LogP) is 1.74. The average molecular weight is 296 g/mol. The number of carbonyl (C=O) groups excluding carboxylic acids is 1. The van der Waals surface area contributed by atoms with Crippen LogP contribution in [0.3, 0.4) is 0 Å². The number of nitrogens with zero attached hydrogens (tertiary/aromatic N) is 1. The Labute approximate surface area is 124 Å². The second kappa shape index (κ2) is 5.48. The summed E-state index contributed by atoms with van der Waals surface area (Å²) in [5, 5.41) is 12.7. The Morgan fingerprint density at radius 3 is 2.81 bits per heavy atom. The molecule has 118 valence electrons. The van der Waals surface area contributed by atoms with Crippen LogP contribution in [0.1, 0.15) is 51.9 Å². The first-order chi connectivity index (χ1) is 10.1. The molecule has 0 saturated carbocycles. The highest BCUT2D eigenvalue weighted by atomic mass is 16.5. The number of likely N-dealkylation sites (tertiary alicyclic amines) is 1. The summed E-state index contributed by atoms with van der Waals surface area (Å²) in [6, 6.07) is -0.186. The monoisotopic (exact) mass is 296 g/mol. The number of carboxylic acids is 1. The van der Waals surface area contributed by atoms with E-state index in [4.69, 9.17) is 4.74 Å². The number of carboxylic acid groups (broad SMARTS) is 1. The molecule has 3 saturated heterocycles. The summed E-state index contributed by atoms with van der Waals surface area (Å²) < 4.78 is 5.75. The van der Waals surface area contributed by atoms with E-state index in [9.17, 15) is 14.7 Å². The smallest absolute Gasteiger partial charge is 0.329 e. The van der Waals surface area contributed by atoms with Crippen LogP contribution in [0.5, 0.6) is 0 Å². The van der Waals surface area contributed by atoms with Crippen LogP contribution < -0.4 is 5.32 Å². The Bertz CT molecular complexity index is 441. The summed E-state index contributed by atoms with van der Waals surface area (Å²) in [6.45, 7) is 2.49. The number of fused-ring (bicyclic) bond motifs is 2. The highest BCUT2D eigenvalue weighted by Crippen LogP contribution is 2.36. The zero-order valence-corrected chi connectivity index (χ0v) is 12.5. The van der Waals surface area contributed by atoms with E-state index in [1.807, 2.05) is 6.92 Å². The van der Waals surface area contributed by atoms with Gasteiger partial charge in [-0.3, -0.25) is 0 Å². The first-order valence-electron chi connectivity index (χ1n) is 8.04. The molecule has 3 heterocycles. The fourth-order valence-corrected chi connectivity index (χ4v) is 4.20. The number of aliphatic carboxylic acids is 1. The highest BCUT2D eigenvalue weighted by Gasteiger charge is 2.50. The molecule has 3 aliphatic heterocycles. The predicted molar refractivity (Wildman–Crippen MR) is 76.0 cm³/mol. The molecule has 0 spiro atoms. The summed E-state index contributed by atoms with van der Waals surface area (Å²) in [5.74, 6) is -0.874. The van der Waals surface area contributed by atoms with Crippen molar-refractivity contribution in [2.75, 3.05) is 6.54 Å². The van der Waals surface area contributed by atoms with Crippen LogP contribution in [0.25, 0.3) is 0 Å². The SMILES string of the molecule is CCCC1(C(=O)O)CCCN1C(=O)NC1CC2CCC1O2. The molecule has 0 aliphatic carbocycles. The molecule has 6 nitrogen and oxygen atoms in total. The number of amides is 2. The van der Waals surface area contributed by atoms with Crippen LogP contribution in [0.4, 0.5) is 4.79 Å². The minimum Gasteiger partial charge on any atom is -0.479 e. The van der Waals surface area contributed by atoms with Crippen LogP contribution in [0.15, 0.2) is 0 Å². The zero-order chi connectivity index (χ0) is 15.0. The van der Waals surface area contributed by atoms with Crippen molar-refractivity contribution in [1.82, 2.24) is 10.2 Å². The maximum atomic E-state index is 12.6. The van der Waals surface area contributed by atoms with Gasteiger partial charge in [-0.15, -0.1) is 0 Å². The number of urea groups is 1. The van der Waals surface area contributed by atoms with Crippen molar-refractivity contribution in [3.05, 3.63) is 0 Å². The lowest BCUT2D eigenvalue weighted by Crippen LogP contribution is -2.58. The lowest BCUT2D eigenvalue weighted by atomic mass is 9.90. The fourth-order valence-electron chi connectivity index (χ4n) is 4.20. The molecule has 4 atom stereocenters. The molecule has 2 bridgehead atoms. The van der Waals surface area contributed by atoms with Crippen molar-refractivity contribution in [3.63, 3.8) is 0 Å². The van der Waals surface area contributed by atoms with E-state index in [2.05, 4.69) is 5.32 Å². The first-order valence-corrected chi connectivity index (χ1v) is 8.04. The molecule has 6 heteroatoms. The first kappa shape index (κ1) is 14.6. The molecule has 2 amide bonds. The quantitative estimate of drug-likeness (QED) is 0.828. The maximum Gasteiger partial charge on any atom is 0.329 e. The average Bonchev–Trinajstić information content (AvgIpc) is 3.13. The standard InChI is InChI=1S/C15H24N2O4/c1-2-6-15(13(18)19)7-3-8-17(15)14(20)16-11-9-10-4-5-12(11)21-10/h10-12H,2-9H2,1H3,(H,16,20)(H,18,19). The third kappa shape index (κ3) is 2.39. The van der Waals surface area contributed by atoms with Gasteiger partial charge in [0.15, 0.2) is 0 Å². The van der Waals surface area contributed by atoms with Gasteiger partial charge in [-0.2, -0.15) is 0 Å². The van der Waals surface area contributed by atoms with Gasteiger partial charge in [-0.05, 0) is 38.5 Å². The van der Waals surface area contributed by atoms with Crippen molar-refractivity contribution >= 4 is 12.0 Å². The van der Waals surface area contributed by atoms with Gasteiger partial charge in [0.2, 0.25) is 0 Å². The Hall–Kier alpha value is -1.30. The fraction of sp³-hybridized carbons (Fsp3) is 0.867. The summed E-state index contributed by atoms with van der Waals surface area (Å²) in [6.07, 6.45) is 5.91. The Kier molecular flexibility index (Phi) is 3.82. The Morgan fingerprint density at radius 1 is 1.43 bits per heavy atom. The van der Waals surface area contributed by atoms with E-state index in [0.29, 0.717) is 19.4 Å². The van der Waals surface area contributed by atoms with Crippen LogP contribution in [-0.4, -0.2) is 52.3 Å². The molecule has 3 aliphatic rings. The molecule has 2 N–H and O–H groups in total. The van der Waals surface area contributed by atoms with Gasteiger partial charge in [0, 0.05) is 6.54 Å². The van der Waals surface area contributed by atoms with Gasteiger partial charge in [-0.25, -0.2) is 9.59 Å². The van der Waals surface area contributed by atoms with Crippen molar-refractivity contribution in [2.24, 2.45) is 0 Å². The number of ether oxygens (including phenoxy) is 1. The molecule has 0 aromatic carbocycles. The third-order valence-corrected chi connectivity index (χ3v) is 5.21. The van der Waals surface area contributed by atoms with E-state index in [-0.39, 0.29) is 24.3 Å². The number of nitrogens with one attached hydrogen (secondary N) is 1. The molecular weight excluding hydrogens is 272 g/mol. The molecule has 0 aromatic heterocycles. The second-order valence-electron chi connectivity index (χ2n) is 6.51.